The summed E-state index contributed by atoms with van der Waals surface area (Å²) in [4.78, 5) is 2.41. The van der Waals surface area contributed by atoms with E-state index in [9.17, 15) is 4.39 Å². The molecule has 0 aliphatic carbocycles. The maximum atomic E-state index is 13.9. The SMILES string of the molecule is CCN(CC1CCCCN1)C(C)c1ccc(OC)c(F)c1. The minimum absolute atomic E-state index is 0.208. The molecule has 0 saturated carbocycles. The summed E-state index contributed by atoms with van der Waals surface area (Å²) in [6.07, 6.45) is 3.82. The fraction of sp³-hybridized carbons (Fsp3) is 0.647. The first-order chi connectivity index (χ1) is 10.2. The third-order valence-electron chi connectivity index (χ3n) is 4.48. The molecule has 2 rings (SSSR count). The van der Waals surface area contributed by atoms with E-state index in [1.165, 1.54) is 26.4 Å². The van der Waals surface area contributed by atoms with Gasteiger partial charge < -0.3 is 10.1 Å². The second kappa shape index (κ2) is 7.76. The van der Waals surface area contributed by atoms with Crippen molar-refractivity contribution in [3.63, 3.8) is 0 Å². The summed E-state index contributed by atoms with van der Waals surface area (Å²) in [7, 11) is 1.49. The van der Waals surface area contributed by atoms with Crippen molar-refractivity contribution in [2.45, 2.75) is 45.2 Å². The second-order valence-corrected chi connectivity index (χ2v) is 5.80. The van der Waals surface area contributed by atoms with Crippen LogP contribution in [0.3, 0.4) is 0 Å². The van der Waals surface area contributed by atoms with Gasteiger partial charge in [0.2, 0.25) is 0 Å². The molecule has 0 amide bonds. The zero-order valence-electron chi connectivity index (χ0n) is 13.4. The third-order valence-corrected chi connectivity index (χ3v) is 4.48. The van der Waals surface area contributed by atoms with Crippen molar-refractivity contribution in [2.75, 3.05) is 26.7 Å². The Balaban J connectivity index is 2.04. The van der Waals surface area contributed by atoms with E-state index >= 15 is 0 Å². The Labute approximate surface area is 127 Å². The van der Waals surface area contributed by atoms with Crippen LogP contribution in [-0.4, -0.2) is 37.7 Å². The molecule has 1 aromatic carbocycles. The molecule has 0 spiro atoms. The van der Waals surface area contributed by atoms with Crippen LogP contribution in [0.25, 0.3) is 0 Å². The van der Waals surface area contributed by atoms with Gasteiger partial charge in [-0.05, 0) is 50.6 Å². The molecule has 3 nitrogen and oxygen atoms in total. The summed E-state index contributed by atoms with van der Waals surface area (Å²) < 4.78 is 18.9. The molecule has 1 heterocycles. The Kier molecular flexibility index (Phi) is 6.00. The average molecular weight is 294 g/mol. The Morgan fingerprint density at radius 3 is 2.81 bits per heavy atom. The molecule has 118 valence electrons. The molecule has 0 bridgehead atoms. The lowest BCUT2D eigenvalue weighted by Gasteiger charge is -2.34. The van der Waals surface area contributed by atoms with E-state index < -0.39 is 0 Å². The van der Waals surface area contributed by atoms with E-state index in [0.717, 1.165) is 25.2 Å². The molecule has 0 aromatic heterocycles. The largest absolute Gasteiger partial charge is 0.494 e. The van der Waals surface area contributed by atoms with Crippen LogP contribution >= 0.6 is 0 Å². The van der Waals surface area contributed by atoms with Crippen LogP contribution in [0.4, 0.5) is 4.39 Å². The van der Waals surface area contributed by atoms with E-state index in [1.807, 2.05) is 6.07 Å². The van der Waals surface area contributed by atoms with Gasteiger partial charge in [-0.15, -0.1) is 0 Å². The Bertz CT molecular complexity index is 446. The number of nitrogens with zero attached hydrogens (tertiary/aromatic N) is 1. The summed E-state index contributed by atoms with van der Waals surface area (Å²) in [5.41, 5.74) is 1.01. The maximum Gasteiger partial charge on any atom is 0.165 e. The van der Waals surface area contributed by atoms with Gasteiger partial charge in [-0.2, -0.15) is 0 Å². The predicted octanol–water partition coefficient (Wildman–Crippen LogP) is 3.36. The van der Waals surface area contributed by atoms with Gasteiger partial charge in [0.25, 0.3) is 0 Å². The highest BCUT2D eigenvalue weighted by Gasteiger charge is 2.21. The molecule has 1 fully saturated rings. The number of nitrogens with one attached hydrogen (secondary N) is 1. The molecule has 1 aromatic rings. The van der Waals surface area contributed by atoms with Gasteiger partial charge in [0.05, 0.1) is 7.11 Å². The number of ether oxygens (including phenoxy) is 1. The summed E-state index contributed by atoms with van der Waals surface area (Å²) in [6, 6.07) is 6.04. The molecule has 4 heteroatoms. The topological polar surface area (TPSA) is 24.5 Å². The van der Waals surface area contributed by atoms with E-state index in [1.54, 1.807) is 12.1 Å². The van der Waals surface area contributed by atoms with Crippen molar-refractivity contribution < 1.29 is 9.13 Å². The van der Waals surface area contributed by atoms with Crippen LogP contribution < -0.4 is 10.1 Å². The summed E-state index contributed by atoms with van der Waals surface area (Å²) in [6.45, 7) is 7.42. The fourth-order valence-corrected chi connectivity index (χ4v) is 3.08. The fourth-order valence-electron chi connectivity index (χ4n) is 3.08. The molecule has 0 radical (unpaired) electrons. The molecule has 1 saturated heterocycles. The van der Waals surface area contributed by atoms with Crippen molar-refractivity contribution in [3.05, 3.63) is 29.6 Å². The first-order valence-electron chi connectivity index (χ1n) is 7.96. The highest BCUT2D eigenvalue weighted by Crippen LogP contribution is 2.26. The van der Waals surface area contributed by atoms with E-state index in [-0.39, 0.29) is 11.9 Å². The molecule has 1 aliphatic heterocycles. The van der Waals surface area contributed by atoms with Gasteiger partial charge >= 0.3 is 0 Å². The number of likely N-dealkylation sites (N-methyl/N-ethyl adjacent to an activating group) is 1. The lowest BCUT2D eigenvalue weighted by atomic mass is 10.0. The van der Waals surface area contributed by atoms with E-state index in [2.05, 4.69) is 24.1 Å². The number of halogens is 1. The number of rotatable bonds is 6. The number of benzene rings is 1. The number of hydrogen-bond donors (Lipinski definition) is 1. The summed E-state index contributed by atoms with van der Waals surface area (Å²) in [5, 5.41) is 3.58. The summed E-state index contributed by atoms with van der Waals surface area (Å²) in [5.74, 6) is 0.0247. The van der Waals surface area contributed by atoms with Crippen molar-refractivity contribution >= 4 is 0 Å². The Morgan fingerprint density at radius 2 is 2.24 bits per heavy atom. The normalized spacial score (nSPS) is 20.5. The molecular weight excluding hydrogens is 267 g/mol. The van der Waals surface area contributed by atoms with Crippen LogP contribution in [0.15, 0.2) is 18.2 Å². The average Bonchev–Trinajstić information content (AvgIpc) is 2.53. The quantitative estimate of drug-likeness (QED) is 0.870. The van der Waals surface area contributed by atoms with Gasteiger partial charge in [0.15, 0.2) is 11.6 Å². The monoisotopic (exact) mass is 294 g/mol. The lowest BCUT2D eigenvalue weighted by Crippen LogP contribution is -2.44. The van der Waals surface area contributed by atoms with Crippen molar-refractivity contribution in [1.29, 1.82) is 0 Å². The van der Waals surface area contributed by atoms with Gasteiger partial charge in [0, 0.05) is 18.6 Å². The first-order valence-corrected chi connectivity index (χ1v) is 7.96. The standard InChI is InChI=1S/C17H27FN2O/c1-4-20(12-15-7-5-6-10-19-15)13(2)14-8-9-17(21-3)16(18)11-14/h8-9,11,13,15,19H,4-7,10,12H2,1-3H3. The van der Waals surface area contributed by atoms with E-state index in [4.69, 9.17) is 4.74 Å². The Hall–Kier alpha value is -1.13. The number of hydrogen-bond acceptors (Lipinski definition) is 3. The van der Waals surface area contributed by atoms with Crippen LogP contribution in [0.1, 0.15) is 44.7 Å². The molecule has 1 N–H and O–H groups in total. The van der Waals surface area contributed by atoms with Crippen LogP contribution in [0, 0.1) is 5.82 Å². The maximum absolute atomic E-state index is 13.9. The van der Waals surface area contributed by atoms with Crippen molar-refractivity contribution in [1.82, 2.24) is 10.2 Å². The van der Waals surface area contributed by atoms with Crippen molar-refractivity contribution in [3.8, 4) is 5.75 Å². The second-order valence-electron chi connectivity index (χ2n) is 5.80. The number of piperidine rings is 1. The molecule has 1 aliphatic rings. The summed E-state index contributed by atoms with van der Waals surface area (Å²) >= 11 is 0. The highest BCUT2D eigenvalue weighted by atomic mass is 19.1. The van der Waals surface area contributed by atoms with Crippen molar-refractivity contribution in [2.24, 2.45) is 0 Å². The van der Waals surface area contributed by atoms with Gasteiger partial charge in [-0.1, -0.05) is 19.4 Å². The lowest BCUT2D eigenvalue weighted by molar-refractivity contribution is 0.184. The zero-order chi connectivity index (χ0) is 15.2. The van der Waals surface area contributed by atoms with E-state index in [0.29, 0.717) is 11.8 Å². The zero-order valence-corrected chi connectivity index (χ0v) is 13.4. The minimum atomic E-state index is -0.284. The smallest absolute Gasteiger partial charge is 0.165 e. The first kappa shape index (κ1) is 16.2. The van der Waals surface area contributed by atoms with Gasteiger partial charge in [-0.25, -0.2) is 4.39 Å². The number of methoxy groups -OCH3 is 1. The Morgan fingerprint density at radius 1 is 1.43 bits per heavy atom. The van der Waals surface area contributed by atoms with Crippen LogP contribution in [0.5, 0.6) is 5.75 Å². The van der Waals surface area contributed by atoms with Gasteiger partial charge in [-0.3, -0.25) is 4.90 Å². The van der Waals surface area contributed by atoms with Crippen LogP contribution in [0.2, 0.25) is 0 Å². The molecule has 2 atom stereocenters. The minimum Gasteiger partial charge on any atom is -0.494 e. The van der Waals surface area contributed by atoms with Crippen LogP contribution in [-0.2, 0) is 0 Å². The molecule has 21 heavy (non-hydrogen) atoms. The molecule has 2 unspecified atom stereocenters. The highest BCUT2D eigenvalue weighted by molar-refractivity contribution is 5.30. The predicted molar refractivity (Wildman–Crippen MR) is 84.3 cm³/mol. The molecular formula is C17H27FN2O. The van der Waals surface area contributed by atoms with Gasteiger partial charge in [0.1, 0.15) is 0 Å². The third kappa shape index (κ3) is 4.17.